The molecule has 0 radical (unpaired) electrons. The van der Waals surface area contributed by atoms with Crippen molar-refractivity contribution < 1.29 is 9.47 Å². The lowest BCUT2D eigenvalue weighted by Crippen LogP contribution is -2.03. The second-order valence-corrected chi connectivity index (χ2v) is 3.83. The maximum Gasteiger partial charge on any atom is 0.119 e. The first kappa shape index (κ1) is 13.0. The van der Waals surface area contributed by atoms with Crippen LogP contribution in [0.5, 0.6) is 5.75 Å². The van der Waals surface area contributed by atoms with Crippen molar-refractivity contribution in [3.05, 3.63) is 30.3 Å². The van der Waals surface area contributed by atoms with Gasteiger partial charge in [-0.05, 0) is 18.6 Å². The molecule has 2 nitrogen and oxygen atoms in total. The summed E-state index contributed by atoms with van der Waals surface area (Å²) >= 11 is 0. The molecule has 1 aromatic rings. The zero-order valence-corrected chi connectivity index (χ0v) is 10.2. The Kier molecular flexibility index (Phi) is 7.52. The standard InChI is InChI=1S/C14H22O2/c1-2-3-7-11-15-12-8-13-16-14-9-5-4-6-10-14/h4-6,9-10H,2-3,7-8,11-13H2,1H3. The molecular formula is C14H22O2. The third-order valence-corrected chi connectivity index (χ3v) is 2.34. The van der Waals surface area contributed by atoms with Crippen LogP contribution in [0.4, 0.5) is 0 Å². The SMILES string of the molecule is CCCCCOCCCOc1ccccc1. The zero-order chi connectivity index (χ0) is 11.5. The summed E-state index contributed by atoms with van der Waals surface area (Å²) in [5.74, 6) is 0.938. The van der Waals surface area contributed by atoms with Crippen LogP contribution in [0.25, 0.3) is 0 Å². The van der Waals surface area contributed by atoms with Gasteiger partial charge in [-0.25, -0.2) is 0 Å². The van der Waals surface area contributed by atoms with Crippen LogP contribution in [0.1, 0.15) is 32.6 Å². The molecule has 0 amide bonds. The quantitative estimate of drug-likeness (QED) is 0.594. The summed E-state index contributed by atoms with van der Waals surface area (Å²) in [4.78, 5) is 0. The van der Waals surface area contributed by atoms with E-state index in [4.69, 9.17) is 9.47 Å². The molecule has 0 spiro atoms. The maximum absolute atomic E-state index is 5.55. The highest BCUT2D eigenvalue weighted by Gasteiger charge is 1.92. The number of hydrogen-bond acceptors (Lipinski definition) is 2. The van der Waals surface area contributed by atoms with Crippen molar-refractivity contribution in [3.63, 3.8) is 0 Å². The lowest BCUT2D eigenvalue weighted by atomic mass is 10.3. The van der Waals surface area contributed by atoms with E-state index in [9.17, 15) is 0 Å². The number of para-hydroxylation sites is 1. The second kappa shape index (κ2) is 9.22. The van der Waals surface area contributed by atoms with Gasteiger partial charge >= 0.3 is 0 Å². The van der Waals surface area contributed by atoms with Gasteiger partial charge in [0.15, 0.2) is 0 Å². The Morgan fingerprint density at radius 1 is 0.875 bits per heavy atom. The molecule has 0 aliphatic carbocycles. The minimum absolute atomic E-state index is 0.734. The van der Waals surface area contributed by atoms with Crippen LogP contribution in [0.2, 0.25) is 0 Å². The van der Waals surface area contributed by atoms with Crippen LogP contribution >= 0.6 is 0 Å². The highest BCUT2D eigenvalue weighted by Crippen LogP contribution is 2.08. The Morgan fingerprint density at radius 3 is 2.38 bits per heavy atom. The minimum Gasteiger partial charge on any atom is -0.494 e. The van der Waals surface area contributed by atoms with Gasteiger partial charge in [0.1, 0.15) is 5.75 Å². The number of unbranched alkanes of at least 4 members (excludes halogenated alkanes) is 2. The summed E-state index contributed by atoms with van der Waals surface area (Å²) < 4.78 is 11.0. The number of ether oxygens (including phenoxy) is 2. The Bertz CT molecular complexity index is 246. The predicted molar refractivity (Wildman–Crippen MR) is 66.9 cm³/mol. The van der Waals surface area contributed by atoms with Crippen molar-refractivity contribution in [2.45, 2.75) is 32.6 Å². The number of benzene rings is 1. The van der Waals surface area contributed by atoms with E-state index in [1.807, 2.05) is 30.3 Å². The monoisotopic (exact) mass is 222 g/mol. The molecule has 0 saturated carbocycles. The maximum atomic E-state index is 5.55. The fourth-order valence-corrected chi connectivity index (χ4v) is 1.42. The van der Waals surface area contributed by atoms with E-state index in [1.54, 1.807) is 0 Å². The van der Waals surface area contributed by atoms with Gasteiger partial charge in [-0.1, -0.05) is 38.0 Å². The smallest absolute Gasteiger partial charge is 0.119 e. The molecule has 0 aliphatic rings. The molecular weight excluding hydrogens is 200 g/mol. The van der Waals surface area contributed by atoms with Crippen LogP contribution in [-0.2, 0) is 4.74 Å². The van der Waals surface area contributed by atoms with E-state index in [1.165, 1.54) is 19.3 Å². The van der Waals surface area contributed by atoms with Gasteiger partial charge in [0.2, 0.25) is 0 Å². The second-order valence-electron chi connectivity index (χ2n) is 3.83. The molecule has 0 unspecified atom stereocenters. The average molecular weight is 222 g/mol. The molecule has 0 N–H and O–H groups in total. The topological polar surface area (TPSA) is 18.5 Å². The van der Waals surface area contributed by atoms with Crippen molar-refractivity contribution in [1.82, 2.24) is 0 Å². The van der Waals surface area contributed by atoms with Gasteiger partial charge in [-0.15, -0.1) is 0 Å². The van der Waals surface area contributed by atoms with Crippen LogP contribution in [0.15, 0.2) is 30.3 Å². The lowest BCUT2D eigenvalue weighted by Gasteiger charge is -2.06. The minimum atomic E-state index is 0.734. The number of hydrogen-bond donors (Lipinski definition) is 0. The molecule has 2 heteroatoms. The predicted octanol–water partition coefficient (Wildman–Crippen LogP) is 3.66. The van der Waals surface area contributed by atoms with E-state index in [2.05, 4.69) is 6.92 Å². The van der Waals surface area contributed by atoms with Gasteiger partial charge in [0.25, 0.3) is 0 Å². The van der Waals surface area contributed by atoms with Crippen LogP contribution in [0.3, 0.4) is 0 Å². The Morgan fingerprint density at radius 2 is 1.62 bits per heavy atom. The summed E-state index contributed by atoms with van der Waals surface area (Å²) in [6.07, 6.45) is 4.65. The Hall–Kier alpha value is -1.02. The average Bonchev–Trinajstić information content (AvgIpc) is 2.34. The van der Waals surface area contributed by atoms with E-state index in [0.29, 0.717) is 0 Å². The molecule has 0 atom stereocenters. The van der Waals surface area contributed by atoms with E-state index in [-0.39, 0.29) is 0 Å². The molecule has 90 valence electrons. The van der Waals surface area contributed by atoms with E-state index < -0.39 is 0 Å². The lowest BCUT2D eigenvalue weighted by molar-refractivity contribution is 0.116. The summed E-state index contributed by atoms with van der Waals surface area (Å²) in [6.45, 7) is 4.63. The number of rotatable bonds is 9. The van der Waals surface area contributed by atoms with Gasteiger partial charge < -0.3 is 9.47 Å². The Labute approximate surface area is 98.6 Å². The van der Waals surface area contributed by atoms with Crippen molar-refractivity contribution in [3.8, 4) is 5.75 Å². The van der Waals surface area contributed by atoms with Crippen molar-refractivity contribution in [2.24, 2.45) is 0 Å². The first-order chi connectivity index (χ1) is 7.93. The highest BCUT2D eigenvalue weighted by atomic mass is 16.5. The molecule has 0 heterocycles. The first-order valence-corrected chi connectivity index (χ1v) is 6.19. The normalized spacial score (nSPS) is 10.3. The zero-order valence-electron chi connectivity index (χ0n) is 10.2. The molecule has 0 aliphatic heterocycles. The highest BCUT2D eigenvalue weighted by molar-refractivity contribution is 5.20. The molecule has 0 fully saturated rings. The largest absolute Gasteiger partial charge is 0.494 e. The summed E-state index contributed by atoms with van der Waals surface area (Å²) in [5, 5.41) is 0. The van der Waals surface area contributed by atoms with Crippen LogP contribution < -0.4 is 4.74 Å². The molecule has 1 aromatic carbocycles. The van der Waals surface area contributed by atoms with Crippen molar-refractivity contribution in [1.29, 1.82) is 0 Å². The third-order valence-electron chi connectivity index (χ3n) is 2.34. The van der Waals surface area contributed by atoms with Gasteiger partial charge in [-0.3, -0.25) is 0 Å². The summed E-state index contributed by atoms with van der Waals surface area (Å²) in [6, 6.07) is 9.90. The molecule has 16 heavy (non-hydrogen) atoms. The van der Waals surface area contributed by atoms with E-state index >= 15 is 0 Å². The van der Waals surface area contributed by atoms with Crippen LogP contribution in [-0.4, -0.2) is 19.8 Å². The van der Waals surface area contributed by atoms with Gasteiger partial charge in [0, 0.05) is 19.6 Å². The fourth-order valence-electron chi connectivity index (χ4n) is 1.42. The van der Waals surface area contributed by atoms with Crippen LogP contribution in [0, 0.1) is 0 Å². The van der Waals surface area contributed by atoms with Gasteiger partial charge in [-0.2, -0.15) is 0 Å². The fraction of sp³-hybridized carbons (Fsp3) is 0.571. The van der Waals surface area contributed by atoms with E-state index in [0.717, 1.165) is 32.0 Å². The first-order valence-electron chi connectivity index (χ1n) is 6.19. The molecule has 1 rings (SSSR count). The molecule has 0 bridgehead atoms. The van der Waals surface area contributed by atoms with Gasteiger partial charge in [0.05, 0.1) is 6.61 Å². The molecule has 0 aromatic heterocycles. The molecule has 0 saturated heterocycles. The Balaban J connectivity index is 1.89. The summed E-state index contributed by atoms with van der Waals surface area (Å²) in [7, 11) is 0. The van der Waals surface area contributed by atoms with Crippen molar-refractivity contribution >= 4 is 0 Å². The summed E-state index contributed by atoms with van der Waals surface area (Å²) in [5.41, 5.74) is 0. The third kappa shape index (κ3) is 6.46. The van der Waals surface area contributed by atoms with Crippen molar-refractivity contribution in [2.75, 3.05) is 19.8 Å².